The van der Waals surface area contributed by atoms with E-state index in [4.69, 9.17) is 5.73 Å². The summed E-state index contributed by atoms with van der Waals surface area (Å²) in [4.78, 5) is 11.0. The minimum atomic E-state index is -0.355. The molecule has 0 heterocycles. The Hall–Kier alpha value is -0.580. The van der Waals surface area contributed by atoms with Crippen molar-refractivity contribution in [2.45, 2.75) is 19.8 Å². The van der Waals surface area contributed by atoms with Crippen molar-refractivity contribution in [1.82, 2.24) is 0 Å². The Morgan fingerprint density at radius 1 is 1.46 bits per heavy atom. The summed E-state index contributed by atoms with van der Waals surface area (Å²) < 4.78 is 0.975. The zero-order valence-electron chi connectivity index (χ0n) is 7.67. The topological polar surface area (TPSA) is 43.1 Å². The number of benzene rings is 1. The number of hydrogen-bond donors (Lipinski definition) is 1. The Balaban J connectivity index is 3.26. The molecule has 0 saturated heterocycles. The Labute approximate surface area is 91.7 Å². The summed E-state index contributed by atoms with van der Waals surface area (Å²) >= 11 is 2.17. The van der Waals surface area contributed by atoms with Gasteiger partial charge in [-0.05, 0) is 40.1 Å². The van der Waals surface area contributed by atoms with E-state index >= 15 is 0 Å². The number of hydrogen-bond acceptors (Lipinski definition) is 1. The van der Waals surface area contributed by atoms with Gasteiger partial charge in [0.25, 0.3) is 0 Å². The molecule has 0 unspecified atom stereocenters. The number of rotatable bonds is 2. The minimum Gasteiger partial charge on any atom is -0.366 e. The van der Waals surface area contributed by atoms with E-state index in [1.54, 1.807) is 6.07 Å². The fourth-order valence-electron chi connectivity index (χ4n) is 1.19. The molecule has 0 radical (unpaired) electrons. The molecule has 1 amide bonds. The van der Waals surface area contributed by atoms with Gasteiger partial charge in [-0.1, -0.05) is 26.0 Å². The molecule has 0 fully saturated rings. The molecule has 0 bridgehead atoms. The summed E-state index contributed by atoms with van der Waals surface area (Å²) in [5, 5.41) is 0. The van der Waals surface area contributed by atoms with Gasteiger partial charge in [-0.25, -0.2) is 0 Å². The van der Waals surface area contributed by atoms with E-state index in [-0.39, 0.29) is 5.91 Å². The highest BCUT2D eigenvalue weighted by Crippen LogP contribution is 2.23. The first-order chi connectivity index (χ1) is 6.04. The monoisotopic (exact) mass is 289 g/mol. The molecule has 2 N–H and O–H groups in total. The molecule has 0 spiro atoms. The van der Waals surface area contributed by atoms with Crippen LogP contribution in [0.4, 0.5) is 0 Å². The summed E-state index contributed by atoms with van der Waals surface area (Å²) in [5.74, 6) is 0.0677. The molecule has 70 valence electrons. The van der Waals surface area contributed by atoms with E-state index < -0.39 is 0 Å². The number of halogens is 1. The summed E-state index contributed by atoms with van der Waals surface area (Å²) in [6.45, 7) is 4.20. The molecule has 0 aromatic heterocycles. The molecule has 0 aliphatic heterocycles. The van der Waals surface area contributed by atoms with E-state index in [0.29, 0.717) is 11.5 Å². The average Bonchev–Trinajstić information content (AvgIpc) is 2.03. The lowest BCUT2D eigenvalue weighted by Crippen LogP contribution is -2.13. The van der Waals surface area contributed by atoms with Crippen LogP contribution in [-0.4, -0.2) is 5.91 Å². The smallest absolute Gasteiger partial charge is 0.249 e. The SMILES string of the molecule is CC(C)c1cccc(C(N)=O)c1I. The van der Waals surface area contributed by atoms with Gasteiger partial charge in [0, 0.05) is 3.57 Å². The Morgan fingerprint density at radius 3 is 2.54 bits per heavy atom. The van der Waals surface area contributed by atoms with Crippen LogP contribution in [0.2, 0.25) is 0 Å². The molecule has 0 atom stereocenters. The number of nitrogens with two attached hydrogens (primary N) is 1. The Kier molecular flexibility index (Phi) is 3.30. The van der Waals surface area contributed by atoms with Crippen LogP contribution in [0.25, 0.3) is 0 Å². The van der Waals surface area contributed by atoms with Crippen molar-refractivity contribution in [2.75, 3.05) is 0 Å². The van der Waals surface area contributed by atoms with Gasteiger partial charge in [0.1, 0.15) is 0 Å². The van der Waals surface area contributed by atoms with Gasteiger partial charge in [0.05, 0.1) is 5.56 Å². The van der Waals surface area contributed by atoms with Gasteiger partial charge < -0.3 is 5.73 Å². The first-order valence-corrected chi connectivity index (χ1v) is 5.20. The predicted molar refractivity (Wildman–Crippen MR) is 61.8 cm³/mol. The number of carbonyl (C=O) groups excluding carboxylic acids is 1. The summed E-state index contributed by atoms with van der Waals surface area (Å²) in [7, 11) is 0. The first kappa shape index (κ1) is 10.5. The van der Waals surface area contributed by atoms with E-state index in [2.05, 4.69) is 36.4 Å². The third-order valence-electron chi connectivity index (χ3n) is 1.92. The lowest BCUT2D eigenvalue weighted by atomic mass is 10.0. The fraction of sp³-hybridized carbons (Fsp3) is 0.300. The molecular formula is C10H12INO. The third-order valence-corrected chi connectivity index (χ3v) is 3.12. The van der Waals surface area contributed by atoms with E-state index in [1.807, 2.05) is 12.1 Å². The highest BCUT2D eigenvalue weighted by atomic mass is 127. The molecule has 13 heavy (non-hydrogen) atoms. The quantitative estimate of drug-likeness (QED) is 0.835. The first-order valence-electron chi connectivity index (χ1n) is 4.12. The molecule has 2 nitrogen and oxygen atoms in total. The molecule has 0 aliphatic carbocycles. The van der Waals surface area contributed by atoms with Gasteiger partial charge in [-0.3, -0.25) is 4.79 Å². The summed E-state index contributed by atoms with van der Waals surface area (Å²) in [5.41, 5.74) is 7.03. The van der Waals surface area contributed by atoms with Crippen molar-refractivity contribution >= 4 is 28.5 Å². The summed E-state index contributed by atoms with van der Waals surface area (Å²) in [6, 6.07) is 5.66. The van der Waals surface area contributed by atoms with E-state index in [1.165, 1.54) is 5.56 Å². The number of primary amides is 1. The van der Waals surface area contributed by atoms with Crippen molar-refractivity contribution in [2.24, 2.45) is 5.73 Å². The van der Waals surface area contributed by atoms with Crippen molar-refractivity contribution in [1.29, 1.82) is 0 Å². The van der Waals surface area contributed by atoms with E-state index in [9.17, 15) is 4.79 Å². The zero-order chi connectivity index (χ0) is 10.0. The van der Waals surface area contributed by atoms with Crippen LogP contribution >= 0.6 is 22.6 Å². The van der Waals surface area contributed by atoms with Gasteiger partial charge >= 0.3 is 0 Å². The van der Waals surface area contributed by atoms with Crippen LogP contribution in [0.1, 0.15) is 35.7 Å². The second kappa shape index (κ2) is 4.09. The maximum absolute atomic E-state index is 11.0. The Bertz CT molecular complexity index is 334. The second-order valence-corrected chi connectivity index (χ2v) is 4.31. The van der Waals surface area contributed by atoms with Crippen LogP contribution in [-0.2, 0) is 0 Å². The van der Waals surface area contributed by atoms with Crippen molar-refractivity contribution in [3.05, 3.63) is 32.9 Å². The van der Waals surface area contributed by atoms with Crippen molar-refractivity contribution in [3.63, 3.8) is 0 Å². The Morgan fingerprint density at radius 2 is 2.08 bits per heavy atom. The molecule has 1 rings (SSSR count). The zero-order valence-corrected chi connectivity index (χ0v) is 9.83. The standard InChI is InChI=1S/C10H12INO/c1-6(2)7-4-3-5-8(9(7)11)10(12)13/h3-6H,1-2H3,(H2,12,13). The number of amides is 1. The fourth-order valence-corrected chi connectivity index (χ4v) is 2.43. The molecular weight excluding hydrogens is 277 g/mol. The summed E-state index contributed by atoms with van der Waals surface area (Å²) in [6.07, 6.45) is 0. The van der Waals surface area contributed by atoms with Crippen LogP contribution in [0.3, 0.4) is 0 Å². The third kappa shape index (κ3) is 2.21. The highest BCUT2D eigenvalue weighted by molar-refractivity contribution is 14.1. The van der Waals surface area contributed by atoms with E-state index in [0.717, 1.165) is 3.57 Å². The largest absolute Gasteiger partial charge is 0.366 e. The predicted octanol–water partition coefficient (Wildman–Crippen LogP) is 2.51. The molecule has 0 saturated carbocycles. The normalized spacial score (nSPS) is 10.5. The van der Waals surface area contributed by atoms with Crippen LogP contribution < -0.4 is 5.73 Å². The lowest BCUT2D eigenvalue weighted by Gasteiger charge is -2.10. The highest BCUT2D eigenvalue weighted by Gasteiger charge is 2.11. The van der Waals surface area contributed by atoms with Crippen molar-refractivity contribution < 1.29 is 4.79 Å². The molecule has 0 aliphatic rings. The molecule has 1 aromatic rings. The van der Waals surface area contributed by atoms with Crippen LogP contribution in [0.15, 0.2) is 18.2 Å². The van der Waals surface area contributed by atoms with Gasteiger partial charge in [-0.15, -0.1) is 0 Å². The van der Waals surface area contributed by atoms with Gasteiger partial charge in [-0.2, -0.15) is 0 Å². The lowest BCUT2D eigenvalue weighted by molar-refractivity contribution is 0.0999. The average molecular weight is 289 g/mol. The van der Waals surface area contributed by atoms with Gasteiger partial charge in [0.2, 0.25) is 5.91 Å². The molecule has 1 aromatic carbocycles. The number of carbonyl (C=O) groups is 1. The van der Waals surface area contributed by atoms with Crippen molar-refractivity contribution in [3.8, 4) is 0 Å². The van der Waals surface area contributed by atoms with Crippen LogP contribution in [0.5, 0.6) is 0 Å². The van der Waals surface area contributed by atoms with Crippen LogP contribution in [0, 0.1) is 3.57 Å². The molecule has 3 heteroatoms. The second-order valence-electron chi connectivity index (χ2n) is 3.23. The van der Waals surface area contributed by atoms with Gasteiger partial charge in [0.15, 0.2) is 0 Å². The minimum absolute atomic E-state index is 0.355. The maximum Gasteiger partial charge on any atom is 0.249 e. The maximum atomic E-state index is 11.0.